The molecule has 0 spiro atoms. The number of rotatable bonds is 6. The van der Waals surface area contributed by atoms with Gasteiger partial charge in [0.25, 0.3) is 5.91 Å². The monoisotopic (exact) mass is 491 g/mol. The minimum atomic E-state index is -0.259. The first-order chi connectivity index (χ1) is 16.9. The van der Waals surface area contributed by atoms with Crippen molar-refractivity contribution in [2.45, 2.75) is 26.8 Å². The summed E-state index contributed by atoms with van der Waals surface area (Å²) in [6, 6.07) is 14.4. The van der Waals surface area contributed by atoms with Gasteiger partial charge in [0.2, 0.25) is 11.7 Å². The summed E-state index contributed by atoms with van der Waals surface area (Å²) in [6.45, 7) is 7.18. The lowest BCUT2D eigenvalue weighted by Gasteiger charge is -2.33. The summed E-state index contributed by atoms with van der Waals surface area (Å²) in [5.41, 5.74) is 3.83. The molecular formula is C26H26FN5O2S. The standard InChI is InChI=1S/C26H26FN5O2S/c1-17-3-7-20(8-4-17)25-29-22(34-30-25)16-31-11-13-32(14-12-31)26(33)24-18(2)28-23(35-24)15-19-5-9-21(27)10-6-19/h3-10H,11-16H2,1-2H3. The predicted molar refractivity (Wildman–Crippen MR) is 132 cm³/mol. The van der Waals surface area contributed by atoms with Gasteiger partial charge in [0.15, 0.2) is 0 Å². The Labute approximate surface area is 207 Å². The largest absolute Gasteiger partial charge is 0.338 e. The molecule has 0 N–H and O–H groups in total. The second-order valence-electron chi connectivity index (χ2n) is 8.77. The average Bonchev–Trinajstić information content (AvgIpc) is 3.47. The van der Waals surface area contributed by atoms with Gasteiger partial charge in [-0.25, -0.2) is 9.37 Å². The Morgan fingerprint density at radius 1 is 1.00 bits per heavy atom. The molecule has 4 aromatic rings. The highest BCUT2D eigenvalue weighted by molar-refractivity contribution is 7.13. The molecule has 35 heavy (non-hydrogen) atoms. The second-order valence-corrected chi connectivity index (χ2v) is 9.86. The quantitative estimate of drug-likeness (QED) is 0.395. The summed E-state index contributed by atoms with van der Waals surface area (Å²) in [7, 11) is 0. The van der Waals surface area contributed by atoms with Crippen LogP contribution in [0.5, 0.6) is 0 Å². The fraction of sp³-hybridized carbons (Fsp3) is 0.308. The van der Waals surface area contributed by atoms with E-state index < -0.39 is 0 Å². The minimum Gasteiger partial charge on any atom is -0.338 e. The van der Waals surface area contributed by atoms with E-state index in [0.717, 1.165) is 34.9 Å². The highest BCUT2D eigenvalue weighted by atomic mass is 32.1. The lowest BCUT2D eigenvalue weighted by Crippen LogP contribution is -2.48. The van der Waals surface area contributed by atoms with Crippen LogP contribution in [0.25, 0.3) is 11.4 Å². The van der Waals surface area contributed by atoms with Crippen LogP contribution in [0, 0.1) is 19.7 Å². The maximum absolute atomic E-state index is 13.2. The van der Waals surface area contributed by atoms with Gasteiger partial charge >= 0.3 is 0 Å². The van der Waals surface area contributed by atoms with E-state index in [1.165, 1.54) is 29.0 Å². The van der Waals surface area contributed by atoms with Gasteiger partial charge in [0, 0.05) is 38.2 Å². The zero-order chi connectivity index (χ0) is 24.4. The predicted octanol–water partition coefficient (Wildman–Crippen LogP) is 4.50. The van der Waals surface area contributed by atoms with E-state index in [1.54, 1.807) is 12.1 Å². The maximum Gasteiger partial charge on any atom is 0.265 e. The van der Waals surface area contributed by atoms with Crippen LogP contribution >= 0.6 is 11.3 Å². The van der Waals surface area contributed by atoms with E-state index in [1.807, 2.05) is 43.0 Å². The SMILES string of the molecule is Cc1ccc(-c2noc(CN3CCN(C(=O)c4sc(Cc5ccc(F)cc5)nc4C)CC3)n2)cc1. The molecule has 5 rings (SSSR count). The third kappa shape index (κ3) is 5.47. The van der Waals surface area contributed by atoms with Gasteiger partial charge in [0.1, 0.15) is 10.7 Å². The van der Waals surface area contributed by atoms with E-state index in [2.05, 4.69) is 20.0 Å². The summed E-state index contributed by atoms with van der Waals surface area (Å²) in [5, 5.41) is 4.97. The van der Waals surface area contributed by atoms with E-state index in [0.29, 0.717) is 42.6 Å². The van der Waals surface area contributed by atoms with Crippen LogP contribution < -0.4 is 0 Å². The maximum atomic E-state index is 13.2. The Kier molecular flexibility index (Phi) is 6.70. The number of aromatic nitrogens is 3. The van der Waals surface area contributed by atoms with Crippen LogP contribution in [0.2, 0.25) is 0 Å². The fourth-order valence-electron chi connectivity index (χ4n) is 4.09. The summed E-state index contributed by atoms with van der Waals surface area (Å²) >= 11 is 1.42. The molecule has 1 amide bonds. The first-order valence-corrected chi connectivity index (χ1v) is 12.4. The molecule has 2 aromatic carbocycles. The fourth-order valence-corrected chi connectivity index (χ4v) is 5.15. The summed E-state index contributed by atoms with van der Waals surface area (Å²) in [5.74, 6) is 0.921. The third-order valence-electron chi connectivity index (χ3n) is 6.10. The number of halogens is 1. The Balaban J connectivity index is 1.16. The molecule has 0 radical (unpaired) electrons. The number of hydrogen-bond donors (Lipinski definition) is 0. The normalized spacial score (nSPS) is 14.4. The zero-order valence-electron chi connectivity index (χ0n) is 19.7. The molecule has 9 heteroatoms. The Bertz CT molecular complexity index is 1310. The van der Waals surface area contributed by atoms with Crippen molar-refractivity contribution in [2.24, 2.45) is 0 Å². The molecule has 0 unspecified atom stereocenters. The highest BCUT2D eigenvalue weighted by Crippen LogP contribution is 2.24. The van der Waals surface area contributed by atoms with Gasteiger partial charge < -0.3 is 9.42 Å². The molecule has 0 bridgehead atoms. The first-order valence-electron chi connectivity index (χ1n) is 11.6. The topological polar surface area (TPSA) is 75.4 Å². The Morgan fingerprint density at radius 3 is 2.43 bits per heavy atom. The van der Waals surface area contributed by atoms with Gasteiger partial charge in [-0.05, 0) is 31.5 Å². The van der Waals surface area contributed by atoms with E-state index in [9.17, 15) is 9.18 Å². The summed E-state index contributed by atoms with van der Waals surface area (Å²) < 4.78 is 18.6. The van der Waals surface area contributed by atoms with Gasteiger partial charge in [-0.3, -0.25) is 9.69 Å². The lowest BCUT2D eigenvalue weighted by molar-refractivity contribution is 0.0619. The minimum absolute atomic E-state index is 0.0180. The lowest BCUT2D eigenvalue weighted by atomic mass is 10.1. The van der Waals surface area contributed by atoms with Crippen LogP contribution in [0.4, 0.5) is 4.39 Å². The van der Waals surface area contributed by atoms with E-state index >= 15 is 0 Å². The molecule has 7 nitrogen and oxygen atoms in total. The van der Waals surface area contributed by atoms with Gasteiger partial charge in [-0.15, -0.1) is 11.3 Å². The molecule has 180 valence electrons. The molecule has 1 aliphatic rings. The summed E-state index contributed by atoms with van der Waals surface area (Å²) in [4.78, 5) is 27.1. The van der Waals surface area contributed by atoms with Crippen molar-refractivity contribution in [3.8, 4) is 11.4 Å². The van der Waals surface area contributed by atoms with Crippen molar-refractivity contribution in [1.82, 2.24) is 24.9 Å². The smallest absolute Gasteiger partial charge is 0.265 e. The third-order valence-corrected chi connectivity index (χ3v) is 7.25. The molecule has 0 aliphatic carbocycles. The molecule has 1 saturated heterocycles. The number of aryl methyl sites for hydroxylation is 2. The molecule has 0 atom stereocenters. The van der Waals surface area contributed by atoms with Gasteiger partial charge in [-0.1, -0.05) is 47.1 Å². The number of nitrogens with zero attached hydrogens (tertiary/aromatic N) is 5. The summed E-state index contributed by atoms with van der Waals surface area (Å²) in [6.07, 6.45) is 0.585. The molecule has 1 fully saturated rings. The highest BCUT2D eigenvalue weighted by Gasteiger charge is 2.26. The van der Waals surface area contributed by atoms with Crippen LogP contribution in [-0.4, -0.2) is 57.0 Å². The molecule has 0 saturated carbocycles. The van der Waals surface area contributed by atoms with Crippen molar-refractivity contribution >= 4 is 17.2 Å². The van der Waals surface area contributed by atoms with Crippen molar-refractivity contribution in [3.05, 3.63) is 86.9 Å². The number of benzene rings is 2. The number of carbonyl (C=O) groups is 1. The molecule has 3 heterocycles. The number of thiazole rings is 1. The Morgan fingerprint density at radius 2 is 1.71 bits per heavy atom. The second kappa shape index (κ2) is 10.1. The van der Waals surface area contributed by atoms with Gasteiger partial charge in [-0.2, -0.15) is 4.98 Å². The van der Waals surface area contributed by atoms with Crippen LogP contribution in [0.3, 0.4) is 0 Å². The number of hydrogen-bond acceptors (Lipinski definition) is 7. The van der Waals surface area contributed by atoms with Crippen LogP contribution in [0.1, 0.15) is 37.4 Å². The number of carbonyl (C=O) groups excluding carboxylic acids is 1. The van der Waals surface area contributed by atoms with Crippen molar-refractivity contribution in [1.29, 1.82) is 0 Å². The average molecular weight is 492 g/mol. The zero-order valence-corrected chi connectivity index (χ0v) is 20.5. The number of piperazine rings is 1. The van der Waals surface area contributed by atoms with E-state index in [-0.39, 0.29) is 11.7 Å². The van der Waals surface area contributed by atoms with Crippen molar-refractivity contribution in [2.75, 3.05) is 26.2 Å². The van der Waals surface area contributed by atoms with Crippen LogP contribution in [0.15, 0.2) is 53.1 Å². The molecule has 1 aliphatic heterocycles. The Hall–Kier alpha value is -3.43. The van der Waals surface area contributed by atoms with Crippen LogP contribution in [-0.2, 0) is 13.0 Å². The first kappa shape index (κ1) is 23.3. The molecule has 2 aromatic heterocycles. The number of amides is 1. The van der Waals surface area contributed by atoms with Crippen molar-refractivity contribution < 1.29 is 13.7 Å². The van der Waals surface area contributed by atoms with E-state index in [4.69, 9.17) is 4.52 Å². The van der Waals surface area contributed by atoms with Gasteiger partial charge in [0.05, 0.1) is 17.2 Å². The van der Waals surface area contributed by atoms with Crippen molar-refractivity contribution in [3.63, 3.8) is 0 Å². The molecular weight excluding hydrogens is 465 g/mol.